The van der Waals surface area contributed by atoms with Crippen molar-refractivity contribution in [3.05, 3.63) is 74.1 Å². The van der Waals surface area contributed by atoms with Gasteiger partial charge in [-0.15, -0.1) is 0 Å². The quantitative estimate of drug-likeness (QED) is 0.250. The Labute approximate surface area is 196 Å². The van der Waals surface area contributed by atoms with Crippen LogP contribution >= 0.6 is 54.5 Å². The predicted molar refractivity (Wildman–Crippen MR) is 126 cm³/mol. The number of aromatic nitrogens is 6. The van der Waals surface area contributed by atoms with Gasteiger partial charge in [-0.3, -0.25) is 8.80 Å². The molecule has 0 radical (unpaired) electrons. The summed E-state index contributed by atoms with van der Waals surface area (Å²) >= 11 is 9.10. The molecule has 0 spiro atoms. The number of methoxy groups -OCH3 is 1. The van der Waals surface area contributed by atoms with Crippen molar-refractivity contribution >= 4 is 65.7 Å². The molecule has 5 rings (SSSR count). The second kappa shape index (κ2) is 8.76. The van der Waals surface area contributed by atoms with E-state index < -0.39 is 0 Å². The highest BCUT2D eigenvalue weighted by Crippen LogP contribution is 2.22. The molecule has 0 bridgehead atoms. The summed E-state index contributed by atoms with van der Waals surface area (Å²) in [4.78, 5) is 16.7. The van der Waals surface area contributed by atoms with Gasteiger partial charge in [0.1, 0.15) is 15.0 Å². The molecule has 0 fully saturated rings. The standard InChI is InChI=1S/C12H9BrN4O.C7H4BrIN2/c1-18-12-15-4-8(5-16-12)10-6-14-11-3-2-9(13)7-17(10)11;8-5-1-2-7-10-3-6(9)11(7)4-5/h2-7H,1H3;1-4H. The van der Waals surface area contributed by atoms with Crippen LogP contribution in [0.2, 0.25) is 0 Å². The molecule has 0 amide bonds. The lowest BCUT2D eigenvalue weighted by atomic mass is 10.2. The van der Waals surface area contributed by atoms with E-state index in [0.29, 0.717) is 6.01 Å². The summed E-state index contributed by atoms with van der Waals surface area (Å²) < 4.78 is 12.1. The van der Waals surface area contributed by atoms with Gasteiger partial charge < -0.3 is 4.74 Å². The first-order chi connectivity index (χ1) is 14.0. The average molecular weight is 628 g/mol. The number of fused-ring (bicyclic) bond motifs is 2. The van der Waals surface area contributed by atoms with Crippen LogP contribution in [-0.2, 0) is 0 Å². The first-order valence-corrected chi connectivity index (χ1v) is 11.0. The zero-order valence-electron chi connectivity index (χ0n) is 15.0. The largest absolute Gasteiger partial charge is 0.467 e. The minimum absolute atomic E-state index is 0.355. The molecule has 7 nitrogen and oxygen atoms in total. The van der Waals surface area contributed by atoms with E-state index in [1.165, 1.54) is 0 Å². The Hall–Kier alpha value is -2.05. The molecule has 29 heavy (non-hydrogen) atoms. The van der Waals surface area contributed by atoms with Crippen molar-refractivity contribution in [2.24, 2.45) is 0 Å². The van der Waals surface area contributed by atoms with Gasteiger partial charge >= 0.3 is 6.01 Å². The molecule has 5 aromatic rings. The summed E-state index contributed by atoms with van der Waals surface area (Å²) in [6.07, 6.45) is 11.0. The third-order valence-electron chi connectivity index (χ3n) is 4.00. The van der Waals surface area contributed by atoms with E-state index in [1.807, 2.05) is 51.7 Å². The number of hydrogen-bond acceptors (Lipinski definition) is 5. The number of imidazole rings is 2. The van der Waals surface area contributed by atoms with Crippen molar-refractivity contribution < 1.29 is 4.74 Å². The van der Waals surface area contributed by atoms with Crippen molar-refractivity contribution in [2.45, 2.75) is 0 Å². The molecule has 0 N–H and O–H groups in total. The van der Waals surface area contributed by atoms with Crippen LogP contribution in [0.3, 0.4) is 0 Å². The molecular weight excluding hydrogens is 615 g/mol. The molecule has 146 valence electrons. The van der Waals surface area contributed by atoms with Gasteiger partial charge in [0.15, 0.2) is 0 Å². The summed E-state index contributed by atoms with van der Waals surface area (Å²) in [5, 5.41) is 0. The minimum Gasteiger partial charge on any atom is -0.467 e. The fraction of sp³-hybridized carbons (Fsp3) is 0.0526. The van der Waals surface area contributed by atoms with E-state index in [4.69, 9.17) is 4.74 Å². The van der Waals surface area contributed by atoms with E-state index in [0.717, 1.165) is 35.2 Å². The Bertz CT molecular complexity index is 1290. The SMILES string of the molecule is Brc1ccc2ncc(I)n2c1.COc1ncc(-c2cnc3ccc(Br)cn23)cn1. The zero-order chi connectivity index (χ0) is 20.4. The molecule has 0 aliphatic heterocycles. The van der Waals surface area contributed by atoms with Crippen LogP contribution in [0, 0.1) is 3.70 Å². The van der Waals surface area contributed by atoms with E-state index >= 15 is 0 Å². The van der Waals surface area contributed by atoms with Gasteiger partial charge in [0.2, 0.25) is 0 Å². The van der Waals surface area contributed by atoms with E-state index in [2.05, 4.69) is 74.4 Å². The van der Waals surface area contributed by atoms with Gasteiger partial charge in [0.05, 0.1) is 25.2 Å². The van der Waals surface area contributed by atoms with Gasteiger partial charge in [-0.1, -0.05) is 0 Å². The van der Waals surface area contributed by atoms with Crippen LogP contribution in [0.25, 0.3) is 22.6 Å². The lowest BCUT2D eigenvalue weighted by molar-refractivity contribution is 0.380. The summed E-state index contributed by atoms with van der Waals surface area (Å²) in [7, 11) is 1.54. The Morgan fingerprint density at radius 1 is 0.793 bits per heavy atom. The number of hydrogen-bond donors (Lipinski definition) is 0. The Balaban J connectivity index is 0.000000159. The molecule has 0 aliphatic carbocycles. The van der Waals surface area contributed by atoms with Gasteiger partial charge in [0, 0.05) is 39.3 Å². The number of nitrogens with zero attached hydrogens (tertiary/aromatic N) is 6. The van der Waals surface area contributed by atoms with Crippen molar-refractivity contribution in [3.8, 4) is 17.3 Å². The third-order valence-corrected chi connectivity index (χ3v) is 5.74. The number of rotatable bonds is 2. The molecule has 10 heteroatoms. The van der Waals surface area contributed by atoms with Gasteiger partial charge in [-0.2, -0.15) is 0 Å². The first-order valence-electron chi connectivity index (χ1n) is 8.32. The molecule has 0 atom stereocenters. The Morgan fingerprint density at radius 3 is 2.03 bits per heavy atom. The first kappa shape index (κ1) is 20.2. The highest BCUT2D eigenvalue weighted by molar-refractivity contribution is 14.1. The van der Waals surface area contributed by atoms with Crippen LogP contribution in [0.4, 0.5) is 0 Å². The molecule has 0 aromatic carbocycles. The molecule has 5 aromatic heterocycles. The van der Waals surface area contributed by atoms with Gasteiger partial charge in [-0.05, 0) is 78.7 Å². The van der Waals surface area contributed by atoms with Crippen LogP contribution in [0.5, 0.6) is 6.01 Å². The predicted octanol–water partition coefficient (Wildman–Crippen LogP) is 5.26. The minimum atomic E-state index is 0.355. The van der Waals surface area contributed by atoms with E-state index in [-0.39, 0.29) is 0 Å². The number of ether oxygens (including phenoxy) is 1. The molecule has 0 aliphatic rings. The van der Waals surface area contributed by atoms with Crippen LogP contribution in [0.1, 0.15) is 0 Å². The monoisotopic (exact) mass is 626 g/mol. The zero-order valence-corrected chi connectivity index (χ0v) is 20.3. The van der Waals surface area contributed by atoms with Crippen molar-refractivity contribution in [2.75, 3.05) is 7.11 Å². The van der Waals surface area contributed by atoms with Crippen LogP contribution in [-0.4, -0.2) is 35.8 Å². The van der Waals surface area contributed by atoms with Gasteiger partial charge in [-0.25, -0.2) is 19.9 Å². The fourth-order valence-corrected chi connectivity index (χ4v) is 3.85. The maximum atomic E-state index is 4.94. The summed E-state index contributed by atoms with van der Waals surface area (Å²) in [5.74, 6) is 0. The molecule has 0 saturated heterocycles. The lowest BCUT2D eigenvalue weighted by Gasteiger charge is -2.02. The number of halogens is 3. The summed E-state index contributed by atoms with van der Waals surface area (Å²) in [6.45, 7) is 0. The maximum absolute atomic E-state index is 4.94. The fourth-order valence-electron chi connectivity index (χ4n) is 2.65. The normalized spacial score (nSPS) is 10.8. The highest BCUT2D eigenvalue weighted by Gasteiger charge is 2.07. The summed E-state index contributed by atoms with van der Waals surface area (Å²) in [5.41, 5.74) is 3.69. The molecular formula is C19H13Br2IN6O. The van der Waals surface area contributed by atoms with Crippen molar-refractivity contribution in [1.29, 1.82) is 0 Å². The molecule has 0 unspecified atom stereocenters. The molecule has 5 heterocycles. The van der Waals surface area contributed by atoms with Crippen molar-refractivity contribution in [1.82, 2.24) is 28.7 Å². The topological polar surface area (TPSA) is 69.6 Å². The molecule has 0 saturated carbocycles. The number of pyridine rings is 2. The summed E-state index contributed by atoms with van der Waals surface area (Å²) in [6, 6.07) is 8.22. The highest BCUT2D eigenvalue weighted by atomic mass is 127. The van der Waals surface area contributed by atoms with Crippen LogP contribution < -0.4 is 4.74 Å². The lowest BCUT2D eigenvalue weighted by Crippen LogP contribution is -1.93. The second-order valence-electron chi connectivity index (χ2n) is 5.83. The van der Waals surface area contributed by atoms with E-state index in [9.17, 15) is 0 Å². The third kappa shape index (κ3) is 4.43. The average Bonchev–Trinajstić information content (AvgIpc) is 3.32. The van der Waals surface area contributed by atoms with E-state index in [1.54, 1.807) is 25.7 Å². The second-order valence-corrected chi connectivity index (χ2v) is 8.77. The smallest absolute Gasteiger partial charge is 0.316 e. The van der Waals surface area contributed by atoms with Gasteiger partial charge in [0.25, 0.3) is 0 Å². The Kier molecular flexibility index (Phi) is 6.11. The maximum Gasteiger partial charge on any atom is 0.316 e. The Morgan fingerprint density at radius 2 is 1.38 bits per heavy atom. The van der Waals surface area contributed by atoms with Crippen LogP contribution in [0.15, 0.2) is 70.4 Å². The van der Waals surface area contributed by atoms with Crippen molar-refractivity contribution in [3.63, 3.8) is 0 Å².